The summed E-state index contributed by atoms with van der Waals surface area (Å²) < 4.78 is 6.54. The predicted molar refractivity (Wildman–Crippen MR) is 62.7 cm³/mol. The second-order valence-electron chi connectivity index (χ2n) is 3.46. The van der Waals surface area contributed by atoms with Gasteiger partial charge in [-0.2, -0.15) is 0 Å². The zero-order valence-corrected chi connectivity index (χ0v) is 10.4. The highest BCUT2D eigenvalue weighted by Crippen LogP contribution is 2.22. The Morgan fingerprint density at radius 1 is 1.50 bits per heavy atom. The first-order valence-electron chi connectivity index (χ1n) is 4.89. The average Bonchev–Trinajstić information content (AvgIpc) is 2.63. The molecular weight excluding hydrogens is 262 g/mol. The third kappa shape index (κ3) is 2.79. The monoisotopic (exact) mass is 275 g/mol. The van der Waals surface area contributed by atoms with Crippen LogP contribution in [0.15, 0.2) is 15.9 Å². The molecule has 2 nitrogen and oxygen atoms in total. The van der Waals surface area contributed by atoms with Gasteiger partial charge in [0, 0.05) is 35.2 Å². The van der Waals surface area contributed by atoms with Gasteiger partial charge in [0.2, 0.25) is 0 Å². The van der Waals surface area contributed by atoms with E-state index in [1.807, 2.05) is 0 Å². The summed E-state index contributed by atoms with van der Waals surface area (Å²) in [4.78, 5) is 1.39. The Labute approximate surface area is 96.8 Å². The molecule has 0 atom stereocenters. The summed E-state index contributed by atoms with van der Waals surface area (Å²) in [5.41, 5.74) is 0. The van der Waals surface area contributed by atoms with Crippen molar-refractivity contribution in [2.24, 2.45) is 0 Å². The Kier molecular flexibility index (Phi) is 3.99. The molecule has 4 heteroatoms. The summed E-state index contributed by atoms with van der Waals surface area (Å²) in [6.45, 7) is 2.79. The minimum absolute atomic E-state index is 0.637. The zero-order valence-electron chi connectivity index (χ0n) is 7.96. The highest BCUT2D eigenvalue weighted by Gasteiger charge is 2.13. The number of halogens is 1. The van der Waals surface area contributed by atoms with E-state index in [1.165, 1.54) is 9.35 Å². The van der Waals surface area contributed by atoms with Crippen molar-refractivity contribution in [3.8, 4) is 0 Å². The lowest BCUT2D eigenvalue weighted by Gasteiger charge is -2.22. The van der Waals surface area contributed by atoms with E-state index in [0.717, 1.165) is 32.6 Å². The molecule has 1 fully saturated rings. The number of hydrogen-bond donors (Lipinski definition) is 1. The molecule has 14 heavy (non-hydrogen) atoms. The summed E-state index contributed by atoms with van der Waals surface area (Å²) in [7, 11) is 0. The van der Waals surface area contributed by atoms with Crippen LogP contribution < -0.4 is 5.32 Å². The Balaban J connectivity index is 1.79. The zero-order chi connectivity index (χ0) is 9.80. The number of thiophene rings is 1. The normalized spacial score (nSPS) is 18.6. The SMILES string of the molecule is Brc1ccsc1CNC1CCOCC1. The maximum atomic E-state index is 5.31. The summed E-state index contributed by atoms with van der Waals surface area (Å²) in [6, 6.07) is 2.74. The molecule has 0 unspecified atom stereocenters. The van der Waals surface area contributed by atoms with Crippen LogP contribution in [0.25, 0.3) is 0 Å². The first kappa shape index (κ1) is 10.6. The van der Waals surface area contributed by atoms with E-state index < -0.39 is 0 Å². The van der Waals surface area contributed by atoms with Crippen LogP contribution in [-0.4, -0.2) is 19.3 Å². The fourth-order valence-electron chi connectivity index (χ4n) is 1.59. The molecule has 2 rings (SSSR count). The molecule has 1 aliphatic rings. The largest absolute Gasteiger partial charge is 0.381 e. The lowest BCUT2D eigenvalue weighted by molar-refractivity contribution is 0.0776. The van der Waals surface area contributed by atoms with Crippen molar-refractivity contribution >= 4 is 27.3 Å². The van der Waals surface area contributed by atoms with Crippen molar-refractivity contribution < 1.29 is 4.74 Å². The molecule has 2 heterocycles. The standard InChI is InChI=1S/C10H14BrNOS/c11-9-3-6-14-10(9)7-12-8-1-4-13-5-2-8/h3,6,8,12H,1-2,4-5,7H2. The van der Waals surface area contributed by atoms with Crippen LogP contribution >= 0.6 is 27.3 Å². The molecule has 0 radical (unpaired) electrons. The Bertz CT molecular complexity index is 283. The molecule has 1 aromatic heterocycles. The molecule has 1 aliphatic heterocycles. The van der Waals surface area contributed by atoms with Gasteiger partial charge < -0.3 is 10.1 Å². The van der Waals surface area contributed by atoms with Crippen molar-refractivity contribution in [1.29, 1.82) is 0 Å². The van der Waals surface area contributed by atoms with Gasteiger partial charge in [0.05, 0.1) is 0 Å². The topological polar surface area (TPSA) is 21.3 Å². The minimum atomic E-state index is 0.637. The van der Waals surface area contributed by atoms with Gasteiger partial charge in [0.25, 0.3) is 0 Å². The summed E-state index contributed by atoms with van der Waals surface area (Å²) in [6.07, 6.45) is 2.28. The van der Waals surface area contributed by atoms with Gasteiger partial charge in [0.15, 0.2) is 0 Å². The molecule has 0 amide bonds. The molecule has 0 spiro atoms. The van der Waals surface area contributed by atoms with E-state index in [9.17, 15) is 0 Å². The Morgan fingerprint density at radius 3 is 2.93 bits per heavy atom. The Hall–Kier alpha value is 0.1000. The highest BCUT2D eigenvalue weighted by molar-refractivity contribution is 9.10. The van der Waals surface area contributed by atoms with E-state index in [4.69, 9.17) is 4.74 Å². The van der Waals surface area contributed by atoms with Crippen LogP contribution in [0.4, 0.5) is 0 Å². The first-order valence-corrected chi connectivity index (χ1v) is 6.56. The maximum absolute atomic E-state index is 5.31. The minimum Gasteiger partial charge on any atom is -0.381 e. The van der Waals surface area contributed by atoms with Crippen molar-refractivity contribution in [3.05, 3.63) is 20.8 Å². The number of hydrogen-bond acceptors (Lipinski definition) is 3. The second kappa shape index (κ2) is 5.26. The van der Waals surface area contributed by atoms with Crippen LogP contribution in [0.2, 0.25) is 0 Å². The van der Waals surface area contributed by atoms with Gasteiger partial charge in [-0.15, -0.1) is 11.3 Å². The third-order valence-electron chi connectivity index (χ3n) is 2.46. The number of rotatable bonds is 3. The van der Waals surface area contributed by atoms with Crippen molar-refractivity contribution in [1.82, 2.24) is 5.32 Å². The van der Waals surface area contributed by atoms with Crippen LogP contribution in [0.1, 0.15) is 17.7 Å². The summed E-state index contributed by atoms with van der Waals surface area (Å²) >= 11 is 5.33. The van der Waals surface area contributed by atoms with Crippen LogP contribution in [0, 0.1) is 0 Å². The van der Waals surface area contributed by atoms with Gasteiger partial charge in [0.1, 0.15) is 0 Å². The van der Waals surface area contributed by atoms with Gasteiger partial charge in [-0.25, -0.2) is 0 Å². The van der Waals surface area contributed by atoms with Gasteiger partial charge >= 0.3 is 0 Å². The lowest BCUT2D eigenvalue weighted by atomic mass is 10.1. The molecule has 1 saturated heterocycles. The molecule has 78 valence electrons. The fraction of sp³-hybridized carbons (Fsp3) is 0.600. The van der Waals surface area contributed by atoms with Gasteiger partial charge in [-0.3, -0.25) is 0 Å². The first-order chi connectivity index (χ1) is 6.86. The van der Waals surface area contributed by atoms with E-state index in [-0.39, 0.29) is 0 Å². The van der Waals surface area contributed by atoms with Gasteiger partial charge in [-0.1, -0.05) is 0 Å². The quantitative estimate of drug-likeness (QED) is 0.916. The van der Waals surface area contributed by atoms with E-state index in [0.29, 0.717) is 6.04 Å². The van der Waals surface area contributed by atoms with Crippen molar-refractivity contribution in [2.75, 3.05) is 13.2 Å². The van der Waals surface area contributed by atoms with Crippen LogP contribution in [-0.2, 0) is 11.3 Å². The average molecular weight is 276 g/mol. The smallest absolute Gasteiger partial charge is 0.0480 e. The molecule has 1 N–H and O–H groups in total. The second-order valence-corrected chi connectivity index (χ2v) is 5.31. The maximum Gasteiger partial charge on any atom is 0.0480 e. The molecule has 0 aliphatic carbocycles. The molecule has 1 aromatic rings. The van der Waals surface area contributed by atoms with E-state index in [1.54, 1.807) is 11.3 Å². The van der Waals surface area contributed by atoms with Crippen LogP contribution in [0.5, 0.6) is 0 Å². The fourth-order valence-corrected chi connectivity index (χ4v) is 3.03. The van der Waals surface area contributed by atoms with Crippen molar-refractivity contribution in [2.45, 2.75) is 25.4 Å². The van der Waals surface area contributed by atoms with E-state index >= 15 is 0 Å². The summed E-state index contributed by atoms with van der Waals surface area (Å²) in [5.74, 6) is 0. The Morgan fingerprint density at radius 2 is 2.29 bits per heavy atom. The lowest BCUT2D eigenvalue weighted by Crippen LogP contribution is -2.34. The van der Waals surface area contributed by atoms with E-state index in [2.05, 4.69) is 32.7 Å². The highest BCUT2D eigenvalue weighted by atomic mass is 79.9. The summed E-state index contributed by atoms with van der Waals surface area (Å²) in [5, 5.41) is 5.68. The van der Waals surface area contributed by atoms with Gasteiger partial charge in [-0.05, 0) is 40.2 Å². The molecule has 0 aromatic carbocycles. The molecular formula is C10H14BrNOS. The van der Waals surface area contributed by atoms with Crippen LogP contribution in [0.3, 0.4) is 0 Å². The third-order valence-corrected chi connectivity index (χ3v) is 4.39. The predicted octanol–water partition coefficient (Wildman–Crippen LogP) is 2.78. The molecule has 0 bridgehead atoms. The van der Waals surface area contributed by atoms with Crippen molar-refractivity contribution in [3.63, 3.8) is 0 Å². The number of ether oxygens (including phenoxy) is 1. The molecule has 0 saturated carbocycles. The number of nitrogens with one attached hydrogen (secondary N) is 1.